The Morgan fingerprint density at radius 2 is 2.43 bits per heavy atom. The van der Waals surface area contributed by atoms with Gasteiger partial charge in [0.05, 0.1) is 0 Å². The van der Waals surface area contributed by atoms with Crippen molar-refractivity contribution in [1.82, 2.24) is 4.98 Å². The molecule has 0 aliphatic rings. The van der Waals surface area contributed by atoms with Gasteiger partial charge in [0.15, 0.2) is 5.75 Å². The van der Waals surface area contributed by atoms with Crippen molar-refractivity contribution in [2.45, 2.75) is 6.92 Å². The molecule has 1 N–H and O–H groups in total. The third-order valence-electron chi connectivity index (χ3n) is 1.46. The molecular weight excluding hydrogens is 246 g/mol. The molecule has 0 spiro atoms. The van der Waals surface area contributed by atoms with Crippen LogP contribution in [-0.4, -0.2) is 4.98 Å². The van der Waals surface area contributed by atoms with Crippen molar-refractivity contribution in [3.8, 4) is 5.75 Å². The van der Waals surface area contributed by atoms with Crippen molar-refractivity contribution >= 4 is 15.9 Å². The Kier molecular flexibility index (Phi) is 3.71. The van der Waals surface area contributed by atoms with Gasteiger partial charge >= 0.3 is 0 Å². The first-order valence-electron chi connectivity index (χ1n) is 3.99. The second-order valence-electron chi connectivity index (χ2n) is 2.63. The summed E-state index contributed by atoms with van der Waals surface area (Å²) >= 11 is 3.24. The number of ether oxygens (including phenoxy) is 1. The minimum Gasteiger partial charge on any atom is -0.456 e. The smallest absolute Gasteiger partial charge is 0.290 e. The predicted molar refractivity (Wildman–Crippen MR) is 59.3 cm³/mol. The summed E-state index contributed by atoms with van der Waals surface area (Å²) in [5, 5.41) is 0. The Bertz CT molecular complexity index is 420. The van der Waals surface area contributed by atoms with Crippen LogP contribution in [0.25, 0.3) is 0 Å². The Morgan fingerprint density at radius 1 is 1.71 bits per heavy atom. The van der Waals surface area contributed by atoms with Gasteiger partial charge in [-0.1, -0.05) is 12.7 Å². The summed E-state index contributed by atoms with van der Waals surface area (Å²) in [5.41, 5.74) is -0.259. The van der Waals surface area contributed by atoms with E-state index in [0.29, 0.717) is 5.76 Å². The average Bonchev–Trinajstić information content (AvgIpc) is 2.12. The van der Waals surface area contributed by atoms with Crippen LogP contribution in [0.15, 0.2) is 46.0 Å². The maximum Gasteiger partial charge on any atom is 0.290 e. The number of hydrogen-bond donors (Lipinski definition) is 1. The lowest BCUT2D eigenvalue weighted by atomic mass is 10.4. The van der Waals surface area contributed by atoms with Gasteiger partial charge in [-0.2, -0.15) is 0 Å². The van der Waals surface area contributed by atoms with Crippen LogP contribution >= 0.6 is 15.9 Å². The molecule has 0 fully saturated rings. The number of nitrogens with one attached hydrogen (secondary N) is 1. The number of aromatic nitrogens is 1. The fourth-order valence-electron chi connectivity index (χ4n) is 0.887. The molecule has 0 atom stereocenters. The van der Waals surface area contributed by atoms with Gasteiger partial charge in [-0.3, -0.25) is 4.79 Å². The van der Waals surface area contributed by atoms with Crippen molar-refractivity contribution in [3.05, 3.63) is 51.6 Å². The molecule has 0 aromatic carbocycles. The maximum atomic E-state index is 11.3. The topological polar surface area (TPSA) is 42.1 Å². The molecule has 0 radical (unpaired) electrons. The van der Waals surface area contributed by atoms with Gasteiger partial charge < -0.3 is 9.72 Å². The van der Waals surface area contributed by atoms with E-state index in [1.807, 2.05) is 0 Å². The van der Waals surface area contributed by atoms with Crippen LogP contribution < -0.4 is 10.3 Å². The Morgan fingerprint density at radius 3 is 3.07 bits per heavy atom. The number of H-pyrrole nitrogens is 1. The molecule has 1 rings (SSSR count). The molecule has 0 aliphatic heterocycles. The second-order valence-corrected chi connectivity index (χ2v) is 3.54. The number of hydrogen-bond acceptors (Lipinski definition) is 2. The molecule has 1 heterocycles. The van der Waals surface area contributed by atoms with Gasteiger partial charge in [0, 0.05) is 16.7 Å². The van der Waals surface area contributed by atoms with E-state index < -0.39 is 0 Å². The lowest BCUT2D eigenvalue weighted by Crippen LogP contribution is -2.09. The quantitative estimate of drug-likeness (QED) is 0.667. The average molecular weight is 256 g/mol. The van der Waals surface area contributed by atoms with E-state index >= 15 is 0 Å². The van der Waals surface area contributed by atoms with Gasteiger partial charge in [0.2, 0.25) is 0 Å². The van der Waals surface area contributed by atoms with Crippen LogP contribution in [0, 0.1) is 0 Å². The van der Waals surface area contributed by atoms with Crippen molar-refractivity contribution in [1.29, 1.82) is 0 Å². The predicted octanol–water partition coefficient (Wildman–Crippen LogP) is 2.61. The lowest BCUT2D eigenvalue weighted by Gasteiger charge is -2.03. The summed E-state index contributed by atoms with van der Waals surface area (Å²) in [5.74, 6) is 0.874. The van der Waals surface area contributed by atoms with E-state index in [2.05, 4.69) is 27.5 Å². The van der Waals surface area contributed by atoms with Crippen molar-refractivity contribution < 1.29 is 4.74 Å². The van der Waals surface area contributed by atoms with E-state index in [1.54, 1.807) is 31.3 Å². The van der Waals surface area contributed by atoms with Gasteiger partial charge in [-0.15, -0.1) is 0 Å². The fourth-order valence-corrected chi connectivity index (χ4v) is 1.21. The summed E-state index contributed by atoms with van der Waals surface area (Å²) in [6, 6.07) is 1.61. The molecule has 3 nitrogen and oxygen atoms in total. The Balaban J connectivity index is 2.97. The third kappa shape index (κ3) is 2.88. The second kappa shape index (κ2) is 4.81. The fraction of sp³-hybridized carbons (Fsp3) is 0.100. The molecule has 1 aromatic heterocycles. The monoisotopic (exact) mass is 255 g/mol. The standard InChI is InChI=1S/C10H10BrNO2/c1-3-4-7(2)14-9-5-8(11)6-12-10(9)13/h3-6H,1H2,2H3,(H,12,13)/b7-4-. The van der Waals surface area contributed by atoms with Crippen LogP contribution in [0.2, 0.25) is 0 Å². The van der Waals surface area contributed by atoms with Crippen molar-refractivity contribution in [3.63, 3.8) is 0 Å². The molecule has 0 unspecified atom stereocenters. The van der Waals surface area contributed by atoms with Crippen molar-refractivity contribution in [2.24, 2.45) is 0 Å². The van der Waals surface area contributed by atoms with E-state index in [4.69, 9.17) is 4.74 Å². The van der Waals surface area contributed by atoms with Gasteiger partial charge in [-0.25, -0.2) is 0 Å². The molecule has 0 aliphatic carbocycles. The third-order valence-corrected chi connectivity index (χ3v) is 1.92. The van der Waals surface area contributed by atoms with E-state index in [1.165, 1.54) is 0 Å². The highest BCUT2D eigenvalue weighted by Gasteiger charge is 2.01. The van der Waals surface area contributed by atoms with Crippen LogP contribution in [0.4, 0.5) is 0 Å². The lowest BCUT2D eigenvalue weighted by molar-refractivity contribution is 0.421. The van der Waals surface area contributed by atoms with Gasteiger partial charge in [0.25, 0.3) is 5.56 Å². The molecule has 0 saturated carbocycles. The van der Waals surface area contributed by atoms with Crippen LogP contribution in [-0.2, 0) is 0 Å². The molecule has 14 heavy (non-hydrogen) atoms. The minimum atomic E-state index is -0.259. The highest BCUT2D eigenvalue weighted by molar-refractivity contribution is 9.10. The highest BCUT2D eigenvalue weighted by Crippen LogP contribution is 2.13. The number of allylic oxidation sites excluding steroid dienone is 3. The van der Waals surface area contributed by atoms with Gasteiger partial charge in [-0.05, 0) is 28.9 Å². The molecule has 1 aromatic rings. The zero-order valence-corrected chi connectivity index (χ0v) is 9.30. The zero-order chi connectivity index (χ0) is 10.6. The summed E-state index contributed by atoms with van der Waals surface area (Å²) in [7, 11) is 0. The first-order valence-corrected chi connectivity index (χ1v) is 4.78. The zero-order valence-electron chi connectivity index (χ0n) is 7.71. The maximum absolute atomic E-state index is 11.3. The first-order chi connectivity index (χ1) is 6.63. The van der Waals surface area contributed by atoms with E-state index in [-0.39, 0.29) is 11.3 Å². The summed E-state index contributed by atoms with van der Waals surface area (Å²) < 4.78 is 6.04. The molecule has 0 bridgehead atoms. The van der Waals surface area contributed by atoms with Crippen LogP contribution in [0.5, 0.6) is 5.75 Å². The highest BCUT2D eigenvalue weighted by atomic mass is 79.9. The molecular formula is C10H10BrNO2. The SMILES string of the molecule is C=C/C=C(/C)Oc1cc(Br)c[nH]c1=O. The first kappa shape index (κ1) is 10.8. The van der Waals surface area contributed by atoms with Gasteiger partial charge in [0.1, 0.15) is 5.76 Å². The summed E-state index contributed by atoms with van der Waals surface area (Å²) in [6.45, 7) is 5.28. The normalized spacial score (nSPS) is 11.1. The molecule has 0 amide bonds. The largest absolute Gasteiger partial charge is 0.456 e. The number of pyridine rings is 1. The van der Waals surface area contributed by atoms with Crippen LogP contribution in [0.3, 0.4) is 0 Å². The number of aromatic amines is 1. The van der Waals surface area contributed by atoms with E-state index in [9.17, 15) is 4.79 Å². The van der Waals surface area contributed by atoms with Crippen LogP contribution in [0.1, 0.15) is 6.92 Å². The molecule has 0 saturated heterocycles. The van der Waals surface area contributed by atoms with E-state index in [0.717, 1.165) is 4.47 Å². The summed E-state index contributed by atoms with van der Waals surface area (Å²) in [4.78, 5) is 13.8. The molecule has 4 heteroatoms. The van der Waals surface area contributed by atoms with Crippen molar-refractivity contribution in [2.75, 3.05) is 0 Å². The number of rotatable bonds is 3. The number of halogens is 1. The Labute approximate surface area is 90.2 Å². The summed E-state index contributed by atoms with van der Waals surface area (Å²) in [6.07, 6.45) is 4.84. The molecule has 74 valence electrons. The minimum absolute atomic E-state index is 0.259. The Hall–Kier alpha value is -1.29.